The second-order valence-corrected chi connectivity index (χ2v) is 9.64. The van der Waals surface area contributed by atoms with Gasteiger partial charge in [0.15, 0.2) is 17.5 Å². The summed E-state index contributed by atoms with van der Waals surface area (Å²) in [6.45, 7) is 0. The van der Waals surface area contributed by atoms with Gasteiger partial charge in [-0.3, -0.25) is 0 Å². The number of hydrogen-bond donors (Lipinski definition) is 0. The molecule has 0 aliphatic heterocycles. The van der Waals surface area contributed by atoms with Crippen LogP contribution in [0.25, 0.3) is 51.2 Å². The van der Waals surface area contributed by atoms with Gasteiger partial charge in [-0.05, 0) is 122 Å². The molecule has 0 aliphatic rings. The van der Waals surface area contributed by atoms with E-state index in [1.54, 1.807) is 35.4 Å². The Hall–Kier alpha value is -6.51. The fourth-order valence-electron chi connectivity index (χ4n) is 4.81. The van der Waals surface area contributed by atoms with Crippen LogP contribution in [-0.4, -0.2) is 82.0 Å². The van der Waals surface area contributed by atoms with E-state index in [1.165, 1.54) is 0 Å². The molecule has 0 amide bonds. The van der Waals surface area contributed by atoms with Gasteiger partial charge in [0, 0.05) is 16.7 Å². The van der Waals surface area contributed by atoms with Crippen LogP contribution >= 0.6 is 0 Å². The molecule has 0 bridgehead atoms. The second-order valence-electron chi connectivity index (χ2n) is 9.64. The first-order valence-electron chi connectivity index (χ1n) is 13.6. The van der Waals surface area contributed by atoms with Crippen LogP contribution < -0.4 is 14.2 Å². The van der Waals surface area contributed by atoms with Crippen molar-refractivity contribution in [2.45, 2.75) is 0 Å². The molecule has 7 rings (SSSR count). The summed E-state index contributed by atoms with van der Waals surface area (Å²) < 4.78 is 20.9. The van der Waals surface area contributed by atoms with Crippen LogP contribution in [0.5, 0.6) is 17.2 Å². The molecule has 0 saturated heterocycles. The van der Waals surface area contributed by atoms with Crippen LogP contribution in [0.15, 0.2) is 91.0 Å². The average molecular weight is 601 g/mol. The predicted molar refractivity (Wildman–Crippen MR) is 161 cm³/mol. The monoisotopic (exact) mass is 600 g/mol. The first-order valence-corrected chi connectivity index (χ1v) is 13.6. The molecule has 0 fully saturated rings. The zero-order chi connectivity index (χ0) is 30.8. The highest BCUT2D eigenvalue weighted by Crippen LogP contribution is 2.33. The predicted octanol–water partition coefficient (Wildman–Crippen LogP) is 3.64. The molecule has 3 heterocycles. The van der Waals surface area contributed by atoms with Gasteiger partial charge < -0.3 is 14.2 Å². The van der Waals surface area contributed by atoms with Crippen LogP contribution in [0, 0.1) is 0 Å². The smallest absolute Gasteiger partial charge is 0.187 e. The number of methoxy groups -OCH3 is 3. The number of ether oxygens (including phenoxy) is 3. The number of benzene rings is 4. The lowest BCUT2D eigenvalue weighted by molar-refractivity contribution is 0.414. The number of aromatic nitrogens is 12. The second kappa shape index (κ2) is 11.6. The zero-order valence-corrected chi connectivity index (χ0v) is 24.3. The summed E-state index contributed by atoms with van der Waals surface area (Å²) in [5.74, 6) is 3.59. The lowest BCUT2D eigenvalue weighted by Gasteiger charge is -2.12. The largest absolute Gasteiger partial charge is 0.497 e. The lowest BCUT2D eigenvalue weighted by Crippen LogP contribution is -2.04. The number of hydrogen-bond acceptors (Lipinski definition) is 12. The van der Waals surface area contributed by atoms with Gasteiger partial charge in [-0.15, -0.1) is 15.3 Å². The highest BCUT2D eigenvalue weighted by atomic mass is 16.5. The first-order chi connectivity index (χ1) is 22.1. The molecule has 45 heavy (non-hydrogen) atoms. The Bertz CT molecular complexity index is 1820. The van der Waals surface area contributed by atoms with E-state index in [-0.39, 0.29) is 0 Å². The maximum atomic E-state index is 5.32. The summed E-state index contributed by atoms with van der Waals surface area (Å²) in [7, 11) is 4.84. The van der Waals surface area contributed by atoms with Gasteiger partial charge in [0.1, 0.15) is 17.2 Å². The fourth-order valence-corrected chi connectivity index (χ4v) is 4.81. The van der Waals surface area contributed by atoms with Gasteiger partial charge in [0.2, 0.25) is 0 Å². The van der Waals surface area contributed by atoms with E-state index in [9.17, 15) is 0 Å². The van der Waals surface area contributed by atoms with Crippen molar-refractivity contribution >= 4 is 0 Å². The lowest BCUT2D eigenvalue weighted by atomic mass is 10.0. The summed E-state index contributed by atoms with van der Waals surface area (Å²) in [6, 6.07) is 28.0. The minimum Gasteiger partial charge on any atom is -0.497 e. The summed E-state index contributed by atoms with van der Waals surface area (Å²) in [5, 5.41) is 37.9. The van der Waals surface area contributed by atoms with Crippen LogP contribution in [0.3, 0.4) is 0 Å². The van der Waals surface area contributed by atoms with E-state index in [0.717, 1.165) is 17.1 Å². The molecule has 15 heteroatoms. The van der Waals surface area contributed by atoms with Crippen molar-refractivity contribution in [2.75, 3.05) is 21.3 Å². The highest BCUT2D eigenvalue weighted by Gasteiger charge is 2.20. The van der Waals surface area contributed by atoms with Gasteiger partial charge >= 0.3 is 0 Å². The molecule has 0 radical (unpaired) electrons. The Morgan fingerprint density at radius 3 is 0.911 bits per heavy atom. The maximum Gasteiger partial charge on any atom is 0.187 e. The Morgan fingerprint density at radius 2 is 0.667 bits per heavy atom. The van der Waals surface area contributed by atoms with E-state index in [2.05, 4.69) is 46.6 Å². The average Bonchev–Trinajstić information content (AvgIpc) is 3.90. The third-order valence-electron chi connectivity index (χ3n) is 7.07. The molecule has 0 saturated carbocycles. The quantitative estimate of drug-likeness (QED) is 0.237. The molecular formula is C30H24N12O3. The topological polar surface area (TPSA) is 158 Å². The van der Waals surface area contributed by atoms with E-state index >= 15 is 0 Å². The van der Waals surface area contributed by atoms with Crippen molar-refractivity contribution in [2.24, 2.45) is 0 Å². The Morgan fingerprint density at radius 1 is 0.400 bits per heavy atom. The van der Waals surface area contributed by atoms with Crippen molar-refractivity contribution in [1.82, 2.24) is 60.6 Å². The Balaban J connectivity index is 1.40. The van der Waals surface area contributed by atoms with Gasteiger partial charge in [-0.1, -0.05) is 0 Å². The standard InChI is InChI=1S/C30H24N12O3/c1-43-25-10-4-22(5-11-25)40-28(31-34-37-40)19-16-20(29-32-35-38-41(29)23-6-12-26(44-2)13-7-23)18-21(17-19)30-33-36-39-42(30)24-8-14-27(45-3)15-9-24/h4-18H,1-3H3. The molecule has 0 unspecified atom stereocenters. The summed E-state index contributed by atoms with van der Waals surface area (Å²) >= 11 is 0. The van der Waals surface area contributed by atoms with Crippen LogP contribution in [0.1, 0.15) is 0 Å². The molecule has 0 aliphatic carbocycles. The van der Waals surface area contributed by atoms with Crippen molar-refractivity contribution in [3.63, 3.8) is 0 Å². The highest BCUT2D eigenvalue weighted by molar-refractivity contribution is 5.76. The first kappa shape index (κ1) is 27.3. The number of rotatable bonds is 9. The summed E-state index contributed by atoms with van der Waals surface area (Å²) in [4.78, 5) is 0. The molecule has 0 spiro atoms. The molecule has 15 nitrogen and oxygen atoms in total. The van der Waals surface area contributed by atoms with Gasteiger partial charge in [-0.25, -0.2) is 0 Å². The van der Waals surface area contributed by atoms with Crippen LogP contribution in [-0.2, 0) is 0 Å². The van der Waals surface area contributed by atoms with Gasteiger partial charge in [0.05, 0.1) is 38.4 Å². The summed E-state index contributed by atoms with van der Waals surface area (Å²) in [5.41, 5.74) is 4.27. The van der Waals surface area contributed by atoms with Crippen LogP contribution in [0.4, 0.5) is 0 Å². The molecule has 4 aromatic carbocycles. The molecule has 3 aromatic heterocycles. The van der Waals surface area contributed by atoms with E-state index in [4.69, 9.17) is 14.2 Å². The minimum absolute atomic E-state index is 0.482. The Kier molecular flexibility index (Phi) is 7.07. The van der Waals surface area contributed by atoms with E-state index in [1.807, 2.05) is 91.0 Å². The molecule has 0 N–H and O–H groups in total. The maximum absolute atomic E-state index is 5.32. The van der Waals surface area contributed by atoms with Crippen molar-refractivity contribution in [3.05, 3.63) is 91.0 Å². The molecule has 7 aromatic rings. The SMILES string of the molecule is COc1ccc(-n2nnnc2-c2cc(-c3nnnn3-c3ccc(OC)cc3)cc(-c3nnnn3-c3ccc(OC)cc3)c2)cc1. The molecule has 0 atom stereocenters. The van der Waals surface area contributed by atoms with Crippen LogP contribution in [0.2, 0.25) is 0 Å². The zero-order valence-electron chi connectivity index (χ0n) is 24.3. The third kappa shape index (κ3) is 5.18. The van der Waals surface area contributed by atoms with E-state index in [0.29, 0.717) is 51.4 Å². The Labute approximate surface area is 255 Å². The number of nitrogens with zero attached hydrogens (tertiary/aromatic N) is 12. The van der Waals surface area contributed by atoms with Crippen molar-refractivity contribution in [1.29, 1.82) is 0 Å². The number of tetrazole rings is 3. The normalized spacial score (nSPS) is 11.0. The van der Waals surface area contributed by atoms with E-state index < -0.39 is 0 Å². The van der Waals surface area contributed by atoms with Gasteiger partial charge in [-0.2, -0.15) is 14.0 Å². The van der Waals surface area contributed by atoms with Crippen molar-refractivity contribution < 1.29 is 14.2 Å². The minimum atomic E-state index is 0.482. The molecular weight excluding hydrogens is 576 g/mol. The summed E-state index contributed by atoms with van der Waals surface area (Å²) in [6.07, 6.45) is 0. The van der Waals surface area contributed by atoms with Crippen molar-refractivity contribution in [3.8, 4) is 68.5 Å². The fraction of sp³-hybridized carbons (Fsp3) is 0.100. The van der Waals surface area contributed by atoms with Gasteiger partial charge in [0.25, 0.3) is 0 Å². The molecule has 222 valence electrons. The third-order valence-corrected chi connectivity index (χ3v) is 7.07.